The molecule has 3 heteroatoms. The summed E-state index contributed by atoms with van der Waals surface area (Å²) in [6.45, 7) is 5.86. The number of rotatable bonds is 6. The fourth-order valence-corrected chi connectivity index (χ4v) is 2.98. The van der Waals surface area contributed by atoms with Crippen molar-refractivity contribution in [1.82, 2.24) is 4.90 Å². The van der Waals surface area contributed by atoms with E-state index in [0.29, 0.717) is 23.5 Å². The minimum Gasteiger partial charge on any atom is -0.491 e. The van der Waals surface area contributed by atoms with E-state index in [1.807, 2.05) is 55.5 Å². The van der Waals surface area contributed by atoms with Gasteiger partial charge in [0, 0.05) is 12.1 Å². The molecule has 2 aromatic carbocycles. The molecule has 1 aliphatic heterocycles. The molecule has 0 radical (unpaired) electrons. The molecule has 1 fully saturated rings. The van der Waals surface area contributed by atoms with Gasteiger partial charge in [0.1, 0.15) is 12.4 Å². The van der Waals surface area contributed by atoms with E-state index in [-0.39, 0.29) is 5.78 Å². The highest BCUT2D eigenvalue weighted by atomic mass is 16.5. The summed E-state index contributed by atoms with van der Waals surface area (Å²) in [5.41, 5.74) is 2.41. The Morgan fingerprint density at radius 1 is 1.09 bits per heavy atom. The predicted molar refractivity (Wildman–Crippen MR) is 92.2 cm³/mol. The first-order chi connectivity index (χ1) is 11.2. The number of nitrogens with zero attached hydrogens (tertiary/aromatic N) is 1. The zero-order valence-corrected chi connectivity index (χ0v) is 13.6. The summed E-state index contributed by atoms with van der Waals surface area (Å²) in [6, 6.07) is 15.2. The summed E-state index contributed by atoms with van der Waals surface area (Å²) >= 11 is 0. The van der Waals surface area contributed by atoms with Crippen LogP contribution in [-0.4, -0.2) is 36.9 Å². The van der Waals surface area contributed by atoms with Gasteiger partial charge >= 0.3 is 0 Å². The average molecular weight is 309 g/mol. The van der Waals surface area contributed by atoms with Crippen LogP contribution in [0.4, 0.5) is 0 Å². The average Bonchev–Trinajstić information content (AvgIpc) is 3.10. The van der Waals surface area contributed by atoms with Crippen molar-refractivity contribution in [2.24, 2.45) is 0 Å². The first-order valence-electron chi connectivity index (χ1n) is 8.29. The van der Waals surface area contributed by atoms with Crippen molar-refractivity contribution in [3.63, 3.8) is 0 Å². The molecule has 0 amide bonds. The molecule has 1 heterocycles. The third-order valence-electron chi connectivity index (χ3n) is 4.28. The van der Waals surface area contributed by atoms with Gasteiger partial charge in [-0.2, -0.15) is 0 Å². The molecule has 3 rings (SSSR count). The predicted octanol–water partition coefficient (Wildman–Crippen LogP) is 3.70. The van der Waals surface area contributed by atoms with Crippen molar-refractivity contribution < 1.29 is 9.53 Å². The number of benzene rings is 2. The van der Waals surface area contributed by atoms with Crippen molar-refractivity contribution in [3.8, 4) is 5.75 Å². The van der Waals surface area contributed by atoms with Crippen LogP contribution in [0.5, 0.6) is 5.75 Å². The van der Waals surface area contributed by atoms with Crippen molar-refractivity contribution in [2.75, 3.05) is 26.2 Å². The lowest BCUT2D eigenvalue weighted by Gasteiger charge is -2.16. The monoisotopic (exact) mass is 309 g/mol. The lowest BCUT2D eigenvalue weighted by molar-refractivity contribution is 0.103. The quantitative estimate of drug-likeness (QED) is 0.762. The van der Waals surface area contributed by atoms with Crippen LogP contribution in [0.2, 0.25) is 0 Å². The number of aryl methyl sites for hydroxylation is 1. The van der Waals surface area contributed by atoms with E-state index in [4.69, 9.17) is 4.74 Å². The van der Waals surface area contributed by atoms with Crippen molar-refractivity contribution in [2.45, 2.75) is 19.8 Å². The van der Waals surface area contributed by atoms with Gasteiger partial charge in [-0.05, 0) is 45.0 Å². The van der Waals surface area contributed by atoms with E-state index in [2.05, 4.69) is 4.90 Å². The van der Waals surface area contributed by atoms with Crippen LogP contribution >= 0.6 is 0 Å². The largest absolute Gasteiger partial charge is 0.491 e. The van der Waals surface area contributed by atoms with Gasteiger partial charge in [0.2, 0.25) is 0 Å². The molecule has 0 atom stereocenters. The highest BCUT2D eigenvalue weighted by Gasteiger charge is 2.16. The molecule has 0 saturated carbocycles. The van der Waals surface area contributed by atoms with Gasteiger partial charge in [0.05, 0.1) is 5.56 Å². The van der Waals surface area contributed by atoms with E-state index >= 15 is 0 Å². The standard InChI is InChI=1S/C20H23NO2/c1-16-9-10-19(23-14-13-21-11-5-6-12-21)18(15-16)20(22)17-7-3-2-4-8-17/h2-4,7-10,15H,5-6,11-14H2,1H3. The van der Waals surface area contributed by atoms with Gasteiger partial charge < -0.3 is 4.74 Å². The van der Waals surface area contributed by atoms with Gasteiger partial charge in [0.15, 0.2) is 5.78 Å². The maximum absolute atomic E-state index is 12.7. The zero-order valence-electron chi connectivity index (χ0n) is 13.6. The molecule has 0 N–H and O–H groups in total. The van der Waals surface area contributed by atoms with Gasteiger partial charge in [0.25, 0.3) is 0 Å². The lowest BCUT2D eigenvalue weighted by atomic mass is 10.0. The van der Waals surface area contributed by atoms with Crippen LogP contribution in [0.25, 0.3) is 0 Å². The summed E-state index contributed by atoms with van der Waals surface area (Å²) in [5, 5.41) is 0. The van der Waals surface area contributed by atoms with Crippen LogP contribution in [0, 0.1) is 6.92 Å². The number of hydrogen-bond donors (Lipinski definition) is 0. The highest BCUT2D eigenvalue weighted by Crippen LogP contribution is 2.23. The van der Waals surface area contributed by atoms with E-state index in [0.717, 1.165) is 25.2 Å². The Balaban J connectivity index is 1.73. The fraction of sp³-hybridized carbons (Fsp3) is 0.350. The Labute approximate surface area is 137 Å². The Morgan fingerprint density at radius 3 is 2.57 bits per heavy atom. The number of ketones is 1. The second kappa shape index (κ2) is 7.42. The molecule has 0 aliphatic carbocycles. The van der Waals surface area contributed by atoms with Crippen molar-refractivity contribution >= 4 is 5.78 Å². The van der Waals surface area contributed by atoms with Crippen molar-refractivity contribution in [1.29, 1.82) is 0 Å². The molecule has 3 nitrogen and oxygen atoms in total. The Bertz CT molecular complexity index is 661. The fourth-order valence-electron chi connectivity index (χ4n) is 2.98. The summed E-state index contributed by atoms with van der Waals surface area (Å²) in [7, 11) is 0. The maximum Gasteiger partial charge on any atom is 0.196 e. The van der Waals surface area contributed by atoms with Crippen molar-refractivity contribution in [3.05, 3.63) is 65.2 Å². The molecular formula is C20H23NO2. The van der Waals surface area contributed by atoms with E-state index in [1.54, 1.807) is 0 Å². The second-order valence-corrected chi connectivity index (χ2v) is 6.09. The molecule has 0 aromatic heterocycles. The molecule has 2 aromatic rings. The zero-order chi connectivity index (χ0) is 16.1. The summed E-state index contributed by atoms with van der Waals surface area (Å²) in [5.74, 6) is 0.703. The second-order valence-electron chi connectivity index (χ2n) is 6.09. The maximum atomic E-state index is 12.7. The van der Waals surface area contributed by atoms with E-state index in [1.165, 1.54) is 12.8 Å². The third-order valence-corrected chi connectivity index (χ3v) is 4.28. The smallest absolute Gasteiger partial charge is 0.196 e. The molecular weight excluding hydrogens is 286 g/mol. The van der Waals surface area contributed by atoms with Gasteiger partial charge in [-0.3, -0.25) is 9.69 Å². The molecule has 120 valence electrons. The molecule has 0 unspecified atom stereocenters. The number of hydrogen-bond acceptors (Lipinski definition) is 3. The topological polar surface area (TPSA) is 29.5 Å². The van der Waals surface area contributed by atoms with Crippen LogP contribution < -0.4 is 4.74 Å². The Hall–Kier alpha value is -2.13. The SMILES string of the molecule is Cc1ccc(OCCN2CCCC2)c(C(=O)c2ccccc2)c1. The molecule has 0 spiro atoms. The molecule has 1 saturated heterocycles. The Kier molecular flexibility index (Phi) is 5.09. The minimum absolute atomic E-state index is 0.0190. The molecule has 1 aliphatic rings. The van der Waals surface area contributed by atoms with Crippen LogP contribution in [0.1, 0.15) is 34.3 Å². The normalized spacial score (nSPS) is 14.8. The molecule has 0 bridgehead atoms. The van der Waals surface area contributed by atoms with Gasteiger partial charge in [-0.25, -0.2) is 0 Å². The number of ether oxygens (including phenoxy) is 1. The van der Waals surface area contributed by atoms with Gasteiger partial charge in [-0.1, -0.05) is 42.0 Å². The summed E-state index contributed by atoms with van der Waals surface area (Å²) in [6.07, 6.45) is 2.56. The first kappa shape index (κ1) is 15.8. The summed E-state index contributed by atoms with van der Waals surface area (Å²) < 4.78 is 5.93. The highest BCUT2D eigenvalue weighted by molar-refractivity contribution is 6.10. The van der Waals surface area contributed by atoms with Crippen LogP contribution in [-0.2, 0) is 0 Å². The summed E-state index contributed by atoms with van der Waals surface area (Å²) in [4.78, 5) is 15.2. The number of likely N-dealkylation sites (tertiary alicyclic amines) is 1. The molecule has 23 heavy (non-hydrogen) atoms. The Morgan fingerprint density at radius 2 is 1.83 bits per heavy atom. The first-order valence-corrected chi connectivity index (χ1v) is 8.29. The number of carbonyl (C=O) groups is 1. The minimum atomic E-state index is 0.0190. The van der Waals surface area contributed by atoms with Gasteiger partial charge in [-0.15, -0.1) is 0 Å². The number of carbonyl (C=O) groups excluding carboxylic acids is 1. The van der Waals surface area contributed by atoms with Crippen LogP contribution in [0.3, 0.4) is 0 Å². The van der Waals surface area contributed by atoms with E-state index < -0.39 is 0 Å². The van der Waals surface area contributed by atoms with E-state index in [9.17, 15) is 4.79 Å². The van der Waals surface area contributed by atoms with Crippen LogP contribution in [0.15, 0.2) is 48.5 Å². The lowest BCUT2D eigenvalue weighted by Crippen LogP contribution is -2.25. The third kappa shape index (κ3) is 3.99.